The number of Topliss-reactive ketones (excluding diaryl/α,β-unsaturated/α-hetero) is 1. The maximum atomic E-state index is 11.7. The summed E-state index contributed by atoms with van der Waals surface area (Å²) in [5.41, 5.74) is 0.0746. The smallest absolute Gasteiger partial charge is 0.187 e. The van der Waals surface area contributed by atoms with Gasteiger partial charge in [-0.15, -0.1) is 0 Å². The van der Waals surface area contributed by atoms with Gasteiger partial charge < -0.3 is 5.11 Å². The van der Waals surface area contributed by atoms with E-state index in [1.807, 2.05) is 6.92 Å². The van der Waals surface area contributed by atoms with Crippen LogP contribution in [0.15, 0.2) is 12.3 Å². The van der Waals surface area contributed by atoms with Crippen molar-refractivity contribution in [2.45, 2.75) is 20.3 Å². The van der Waals surface area contributed by atoms with E-state index in [1.54, 1.807) is 6.92 Å². The normalized spacial score (nSPS) is 12.1. The topological polar surface area (TPSA) is 67.3 Å². The Morgan fingerprint density at radius 3 is 2.87 bits per heavy atom. The molecule has 4 heteroatoms. The number of carbonyl (C=O) groups excluding carboxylic acids is 2. The Morgan fingerprint density at radius 1 is 1.67 bits per heavy atom. The molecule has 0 bridgehead atoms. The Bertz CT molecular complexity index is 387. The fourth-order valence-electron chi connectivity index (χ4n) is 1.16. The highest BCUT2D eigenvalue weighted by molar-refractivity contribution is 6.00. The number of aromatic nitrogens is 1. The second-order valence-corrected chi connectivity index (χ2v) is 3.39. The molecule has 0 amide bonds. The highest BCUT2D eigenvalue weighted by Crippen LogP contribution is 2.22. The molecule has 4 nitrogen and oxygen atoms in total. The third kappa shape index (κ3) is 2.21. The molecule has 80 valence electrons. The molecule has 0 radical (unpaired) electrons. The van der Waals surface area contributed by atoms with Gasteiger partial charge in [0.2, 0.25) is 0 Å². The number of hydrogen-bond acceptors (Lipinski definition) is 4. The highest BCUT2D eigenvalue weighted by atomic mass is 16.3. The first kappa shape index (κ1) is 11.4. The molecular formula is C11H13NO3. The first-order valence-electron chi connectivity index (χ1n) is 4.79. The molecule has 0 saturated carbocycles. The predicted octanol–water partition coefficient (Wildman–Crippen LogP) is 1.83. The van der Waals surface area contributed by atoms with Crippen molar-refractivity contribution in [1.29, 1.82) is 0 Å². The van der Waals surface area contributed by atoms with Gasteiger partial charge in [0, 0.05) is 12.1 Å². The molecule has 0 spiro atoms. The molecule has 1 rings (SSSR count). The summed E-state index contributed by atoms with van der Waals surface area (Å²) in [4.78, 5) is 26.1. The van der Waals surface area contributed by atoms with Crippen molar-refractivity contribution in [2.75, 3.05) is 0 Å². The van der Waals surface area contributed by atoms with E-state index in [4.69, 9.17) is 0 Å². The van der Waals surface area contributed by atoms with Crippen LogP contribution in [0.5, 0.6) is 5.75 Å². The van der Waals surface area contributed by atoms with Gasteiger partial charge in [-0.05, 0) is 12.5 Å². The van der Waals surface area contributed by atoms with Crippen molar-refractivity contribution in [3.8, 4) is 5.75 Å². The fraction of sp³-hybridized carbons (Fsp3) is 0.364. The van der Waals surface area contributed by atoms with Gasteiger partial charge in [-0.2, -0.15) is 0 Å². The maximum absolute atomic E-state index is 11.7. The standard InChI is InChI=1S/C11H13NO3/c1-3-7(2)10(14)9-11(15)8(6-13)4-5-12-9/h4-7,15H,3H2,1-2H3. The molecule has 1 aromatic heterocycles. The lowest BCUT2D eigenvalue weighted by atomic mass is 9.99. The lowest BCUT2D eigenvalue weighted by molar-refractivity contribution is 0.0919. The predicted molar refractivity (Wildman–Crippen MR) is 55.1 cm³/mol. The van der Waals surface area contributed by atoms with E-state index in [-0.39, 0.29) is 28.7 Å². The van der Waals surface area contributed by atoms with Gasteiger partial charge in [0.1, 0.15) is 5.69 Å². The molecule has 0 aliphatic heterocycles. The average molecular weight is 207 g/mol. The molecule has 1 aromatic rings. The molecular weight excluding hydrogens is 194 g/mol. The Hall–Kier alpha value is -1.71. The number of aldehydes is 1. The van der Waals surface area contributed by atoms with Crippen LogP contribution >= 0.6 is 0 Å². The zero-order chi connectivity index (χ0) is 11.4. The summed E-state index contributed by atoms with van der Waals surface area (Å²) in [5, 5.41) is 9.59. The summed E-state index contributed by atoms with van der Waals surface area (Å²) in [6, 6.07) is 1.37. The Labute approximate surface area is 88.0 Å². The van der Waals surface area contributed by atoms with Crippen molar-refractivity contribution in [2.24, 2.45) is 5.92 Å². The number of ketones is 1. The van der Waals surface area contributed by atoms with E-state index in [0.717, 1.165) is 0 Å². The molecule has 0 saturated heterocycles. The van der Waals surface area contributed by atoms with Crippen LogP contribution in [0.3, 0.4) is 0 Å². The lowest BCUT2D eigenvalue weighted by Crippen LogP contribution is -2.12. The number of aromatic hydroxyl groups is 1. The highest BCUT2D eigenvalue weighted by Gasteiger charge is 2.20. The molecule has 1 N–H and O–H groups in total. The third-order valence-corrected chi connectivity index (χ3v) is 2.38. The molecule has 0 aliphatic carbocycles. The molecule has 1 unspecified atom stereocenters. The van der Waals surface area contributed by atoms with Crippen molar-refractivity contribution >= 4 is 12.1 Å². The number of rotatable bonds is 4. The molecule has 0 aromatic carbocycles. The van der Waals surface area contributed by atoms with E-state index in [1.165, 1.54) is 12.3 Å². The first-order valence-corrected chi connectivity index (χ1v) is 4.79. The van der Waals surface area contributed by atoms with E-state index >= 15 is 0 Å². The van der Waals surface area contributed by atoms with Crippen LogP contribution in [0.2, 0.25) is 0 Å². The minimum Gasteiger partial charge on any atom is -0.505 e. The first-order chi connectivity index (χ1) is 7.11. The number of nitrogens with zero attached hydrogens (tertiary/aromatic N) is 1. The molecule has 0 fully saturated rings. The SMILES string of the molecule is CCC(C)C(=O)c1nccc(C=O)c1O. The summed E-state index contributed by atoms with van der Waals surface area (Å²) in [6.07, 6.45) is 2.52. The molecule has 0 aliphatic rings. The minimum atomic E-state index is -0.321. The summed E-state index contributed by atoms with van der Waals surface area (Å²) in [7, 11) is 0. The summed E-state index contributed by atoms with van der Waals surface area (Å²) in [5.74, 6) is -0.762. The van der Waals surface area contributed by atoms with Gasteiger partial charge in [-0.1, -0.05) is 13.8 Å². The zero-order valence-electron chi connectivity index (χ0n) is 8.73. The summed E-state index contributed by atoms with van der Waals surface area (Å²) in [6.45, 7) is 3.64. The zero-order valence-corrected chi connectivity index (χ0v) is 8.73. The number of carbonyl (C=O) groups is 2. The van der Waals surface area contributed by atoms with E-state index < -0.39 is 0 Å². The van der Waals surface area contributed by atoms with Gasteiger partial charge in [0.15, 0.2) is 17.8 Å². The van der Waals surface area contributed by atoms with Gasteiger partial charge in [-0.3, -0.25) is 9.59 Å². The summed E-state index contributed by atoms with van der Waals surface area (Å²) < 4.78 is 0. The Kier molecular flexibility index (Phi) is 3.55. The number of pyridine rings is 1. The monoisotopic (exact) mass is 207 g/mol. The van der Waals surface area contributed by atoms with E-state index in [2.05, 4.69) is 4.98 Å². The average Bonchev–Trinajstić information content (AvgIpc) is 2.27. The van der Waals surface area contributed by atoms with Crippen LogP contribution in [-0.2, 0) is 0 Å². The second-order valence-electron chi connectivity index (χ2n) is 3.39. The van der Waals surface area contributed by atoms with Crippen molar-refractivity contribution in [3.63, 3.8) is 0 Å². The fourth-order valence-corrected chi connectivity index (χ4v) is 1.16. The largest absolute Gasteiger partial charge is 0.505 e. The van der Waals surface area contributed by atoms with E-state index in [0.29, 0.717) is 12.7 Å². The van der Waals surface area contributed by atoms with Gasteiger partial charge in [0.25, 0.3) is 0 Å². The molecule has 1 atom stereocenters. The van der Waals surface area contributed by atoms with Crippen LogP contribution in [0.1, 0.15) is 41.1 Å². The van der Waals surface area contributed by atoms with Crippen LogP contribution in [0.25, 0.3) is 0 Å². The summed E-state index contributed by atoms with van der Waals surface area (Å²) >= 11 is 0. The number of hydrogen-bond donors (Lipinski definition) is 1. The molecule has 15 heavy (non-hydrogen) atoms. The second kappa shape index (κ2) is 4.68. The Balaban J connectivity index is 3.15. The van der Waals surface area contributed by atoms with E-state index in [9.17, 15) is 14.7 Å². The third-order valence-electron chi connectivity index (χ3n) is 2.38. The van der Waals surface area contributed by atoms with Crippen molar-refractivity contribution in [3.05, 3.63) is 23.5 Å². The lowest BCUT2D eigenvalue weighted by Gasteiger charge is -2.08. The minimum absolute atomic E-state index is 0.0195. The van der Waals surface area contributed by atoms with Crippen molar-refractivity contribution in [1.82, 2.24) is 4.98 Å². The van der Waals surface area contributed by atoms with Crippen LogP contribution in [0, 0.1) is 5.92 Å². The van der Waals surface area contributed by atoms with Crippen LogP contribution in [-0.4, -0.2) is 22.2 Å². The van der Waals surface area contributed by atoms with Gasteiger partial charge >= 0.3 is 0 Å². The van der Waals surface area contributed by atoms with Gasteiger partial charge in [-0.25, -0.2) is 4.98 Å². The van der Waals surface area contributed by atoms with Crippen LogP contribution < -0.4 is 0 Å². The van der Waals surface area contributed by atoms with Crippen LogP contribution in [0.4, 0.5) is 0 Å². The maximum Gasteiger partial charge on any atom is 0.187 e. The van der Waals surface area contributed by atoms with Gasteiger partial charge in [0.05, 0.1) is 5.56 Å². The Morgan fingerprint density at radius 2 is 2.33 bits per heavy atom. The molecule has 1 heterocycles. The van der Waals surface area contributed by atoms with Crippen molar-refractivity contribution < 1.29 is 14.7 Å². The quantitative estimate of drug-likeness (QED) is 0.604.